The maximum Gasteiger partial charge on any atom is 0.0603 e. The third-order valence-electron chi connectivity index (χ3n) is 2.70. The standard InChI is InChI=1S/C11H23NOS/c1-10-4-6-12(8-9-14-10)7-5-11(2,3)13/h10,13H,4-9H2,1-3H3. The molecule has 1 fully saturated rings. The first-order valence-electron chi connectivity index (χ1n) is 5.54. The smallest absolute Gasteiger partial charge is 0.0603 e. The van der Waals surface area contributed by atoms with E-state index in [1.165, 1.54) is 25.3 Å². The highest BCUT2D eigenvalue weighted by Crippen LogP contribution is 2.19. The Balaban J connectivity index is 2.24. The SMILES string of the molecule is CC1CCN(CCC(C)(C)O)CCS1. The molecule has 0 aromatic rings. The van der Waals surface area contributed by atoms with Crippen molar-refractivity contribution in [2.24, 2.45) is 0 Å². The van der Waals surface area contributed by atoms with E-state index in [2.05, 4.69) is 23.6 Å². The normalized spacial score (nSPS) is 26.1. The fourth-order valence-electron chi connectivity index (χ4n) is 1.60. The van der Waals surface area contributed by atoms with Gasteiger partial charge in [0.25, 0.3) is 0 Å². The van der Waals surface area contributed by atoms with E-state index in [0.717, 1.165) is 18.2 Å². The quantitative estimate of drug-likeness (QED) is 0.782. The second-order valence-electron chi connectivity index (χ2n) is 4.87. The molecule has 1 saturated heterocycles. The molecule has 0 aliphatic carbocycles. The average Bonchev–Trinajstić information content (AvgIpc) is 2.25. The van der Waals surface area contributed by atoms with Gasteiger partial charge < -0.3 is 10.0 Å². The molecule has 84 valence electrons. The molecule has 2 nitrogen and oxygen atoms in total. The van der Waals surface area contributed by atoms with E-state index >= 15 is 0 Å². The zero-order chi connectivity index (χ0) is 10.6. The Bertz CT molecular complexity index is 167. The second kappa shape index (κ2) is 5.38. The second-order valence-corrected chi connectivity index (χ2v) is 6.42. The fourth-order valence-corrected chi connectivity index (χ4v) is 2.64. The minimum absolute atomic E-state index is 0.509. The van der Waals surface area contributed by atoms with Gasteiger partial charge in [-0.25, -0.2) is 0 Å². The van der Waals surface area contributed by atoms with Crippen molar-refractivity contribution >= 4 is 11.8 Å². The Kier molecular flexibility index (Phi) is 4.74. The summed E-state index contributed by atoms with van der Waals surface area (Å²) < 4.78 is 0. The molecule has 0 aromatic heterocycles. The van der Waals surface area contributed by atoms with Crippen molar-refractivity contribution in [3.63, 3.8) is 0 Å². The third-order valence-corrected chi connectivity index (χ3v) is 3.92. The Labute approximate surface area is 92.1 Å². The summed E-state index contributed by atoms with van der Waals surface area (Å²) in [4.78, 5) is 2.48. The van der Waals surface area contributed by atoms with Gasteiger partial charge in [0.1, 0.15) is 0 Å². The highest BCUT2D eigenvalue weighted by atomic mass is 32.2. The number of nitrogens with zero attached hydrogens (tertiary/aromatic N) is 1. The molecule has 1 N–H and O–H groups in total. The van der Waals surface area contributed by atoms with Crippen LogP contribution in [0.4, 0.5) is 0 Å². The van der Waals surface area contributed by atoms with E-state index in [4.69, 9.17) is 0 Å². The first kappa shape index (κ1) is 12.3. The lowest BCUT2D eigenvalue weighted by atomic mass is 10.1. The van der Waals surface area contributed by atoms with Gasteiger partial charge in [0.05, 0.1) is 5.60 Å². The maximum absolute atomic E-state index is 9.64. The van der Waals surface area contributed by atoms with Crippen LogP contribution in [-0.2, 0) is 0 Å². The summed E-state index contributed by atoms with van der Waals surface area (Å²) in [6.45, 7) is 9.51. The van der Waals surface area contributed by atoms with Crippen molar-refractivity contribution in [2.45, 2.75) is 44.5 Å². The molecule has 1 heterocycles. The van der Waals surface area contributed by atoms with Crippen LogP contribution in [0.25, 0.3) is 0 Å². The molecular formula is C11H23NOS. The molecule has 1 atom stereocenters. The molecule has 0 spiro atoms. The minimum Gasteiger partial charge on any atom is -0.390 e. The monoisotopic (exact) mass is 217 g/mol. The van der Waals surface area contributed by atoms with E-state index in [9.17, 15) is 5.11 Å². The number of rotatable bonds is 3. The molecule has 1 aliphatic heterocycles. The fraction of sp³-hybridized carbons (Fsp3) is 1.00. The molecule has 1 unspecified atom stereocenters. The Morgan fingerprint density at radius 1 is 1.43 bits per heavy atom. The first-order valence-corrected chi connectivity index (χ1v) is 6.58. The van der Waals surface area contributed by atoms with E-state index in [0.29, 0.717) is 0 Å². The summed E-state index contributed by atoms with van der Waals surface area (Å²) in [7, 11) is 0. The predicted octanol–water partition coefficient (Wildman–Crippen LogP) is 1.97. The zero-order valence-electron chi connectivity index (χ0n) is 9.62. The topological polar surface area (TPSA) is 23.5 Å². The van der Waals surface area contributed by atoms with Crippen molar-refractivity contribution in [2.75, 3.05) is 25.4 Å². The molecule has 0 aromatic carbocycles. The van der Waals surface area contributed by atoms with Crippen LogP contribution in [0, 0.1) is 0 Å². The van der Waals surface area contributed by atoms with E-state index in [-0.39, 0.29) is 0 Å². The molecule has 0 radical (unpaired) electrons. The van der Waals surface area contributed by atoms with Gasteiger partial charge in [-0.05, 0) is 33.2 Å². The summed E-state index contributed by atoms with van der Waals surface area (Å²) in [5.41, 5.74) is -0.509. The van der Waals surface area contributed by atoms with Gasteiger partial charge in [0, 0.05) is 24.1 Å². The van der Waals surface area contributed by atoms with Crippen molar-refractivity contribution in [1.82, 2.24) is 4.90 Å². The lowest BCUT2D eigenvalue weighted by molar-refractivity contribution is 0.0585. The number of hydrogen-bond acceptors (Lipinski definition) is 3. The number of aliphatic hydroxyl groups is 1. The van der Waals surface area contributed by atoms with E-state index in [1.54, 1.807) is 0 Å². The Morgan fingerprint density at radius 3 is 2.79 bits per heavy atom. The molecular weight excluding hydrogens is 194 g/mol. The Hall–Kier alpha value is 0.270. The summed E-state index contributed by atoms with van der Waals surface area (Å²) in [5.74, 6) is 1.24. The summed E-state index contributed by atoms with van der Waals surface area (Å²) in [6, 6.07) is 0. The van der Waals surface area contributed by atoms with Crippen molar-refractivity contribution < 1.29 is 5.11 Å². The first-order chi connectivity index (χ1) is 6.47. The van der Waals surface area contributed by atoms with Crippen molar-refractivity contribution in [3.8, 4) is 0 Å². The number of thioether (sulfide) groups is 1. The van der Waals surface area contributed by atoms with Gasteiger partial charge in [0.15, 0.2) is 0 Å². The highest BCUT2D eigenvalue weighted by molar-refractivity contribution is 7.99. The summed E-state index contributed by atoms with van der Waals surface area (Å²) >= 11 is 2.07. The van der Waals surface area contributed by atoms with Gasteiger partial charge in [-0.3, -0.25) is 0 Å². The van der Waals surface area contributed by atoms with E-state index < -0.39 is 5.60 Å². The zero-order valence-corrected chi connectivity index (χ0v) is 10.4. The van der Waals surface area contributed by atoms with Gasteiger partial charge in [-0.1, -0.05) is 6.92 Å². The van der Waals surface area contributed by atoms with Crippen LogP contribution in [0.2, 0.25) is 0 Å². The van der Waals surface area contributed by atoms with Gasteiger partial charge in [-0.2, -0.15) is 11.8 Å². The predicted molar refractivity (Wildman–Crippen MR) is 63.9 cm³/mol. The Morgan fingerprint density at radius 2 is 2.14 bits per heavy atom. The van der Waals surface area contributed by atoms with Crippen molar-refractivity contribution in [1.29, 1.82) is 0 Å². The van der Waals surface area contributed by atoms with Gasteiger partial charge in [-0.15, -0.1) is 0 Å². The molecule has 3 heteroatoms. The van der Waals surface area contributed by atoms with Gasteiger partial charge in [0.2, 0.25) is 0 Å². The van der Waals surface area contributed by atoms with Crippen LogP contribution in [0.5, 0.6) is 0 Å². The lowest BCUT2D eigenvalue weighted by Gasteiger charge is -2.24. The highest BCUT2D eigenvalue weighted by Gasteiger charge is 2.17. The van der Waals surface area contributed by atoms with Crippen LogP contribution in [0.15, 0.2) is 0 Å². The van der Waals surface area contributed by atoms with E-state index in [1.807, 2.05) is 13.8 Å². The summed E-state index contributed by atoms with van der Waals surface area (Å²) in [5, 5.41) is 10.4. The van der Waals surface area contributed by atoms with Crippen LogP contribution in [0.3, 0.4) is 0 Å². The largest absolute Gasteiger partial charge is 0.390 e. The van der Waals surface area contributed by atoms with Crippen molar-refractivity contribution in [3.05, 3.63) is 0 Å². The molecule has 1 aliphatic rings. The molecule has 14 heavy (non-hydrogen) atoms. The maximum atomic E-state index is 9.64. The molecule has 0 saturated carbocycles. The summed E-state index contributed by atoms with van der Waals surface area (Å²) in [6.07, 6.45) is 2.17. The van der Waals surface area contributed by atoms with Gasteiger partial charge >= 0.3 is 0 Å². The minimum atomic E-state index is -0.509. The third kappa shape index (κ3) is 5.23. The van der Waals surface area contributed by atoms with Crippen LogP contribution in [-0.4, -0.2) is 46.2 Å². The molecule has 0 amide bonds. The van der Waals surface area contributed by atoms with Crippen LogP contribution in [0.1, 0.15) is 33.6 Å². The molecule has 0 bridgehead atoms. The van der Waals surface area contributed by atoms with Crippen LogP contribution < -0.4 is 0 Å². The lowest BCUT2D eigenvalue weighted by Crippen LogP contribution is -2.32. The molecule has 1 rings (SSSR count). The number of hydrogen-bond donors (Lipinski definition) is 1. The average molecular weight is 217 g/mol. The van der Waals surface area contributed by atoms with Crippen LogP contribution >= 0.6 is 11.8 Å².